The number of hydrogen-bond donors (Lipinski definition) is 1. The molecular weight excluding hydrogens is 203 g/mol. The lowest BCUT2D eigenvalue weighted by Crippen LogP contribution is -2.40. The van der Waals surface area contributed by atoms with Crippen LogP contribution in [0.1, 0.15) is 0 Å². The summed E-state index contributed by atoms with van der Waals surface area (Å²) in [5, 5.41) is 13.3. The number of rotatable bonds is 3. The van der Waals surface area contributed by atoms with E-state index in [-0.39, 0.29) is 17.4 Å². The number of nitrogens with one attached hydrogen (secondary N) is 1. The van der Waals surface area contributed by atoms with Crippen LogP contribution in [-0.4, -0.2) is 24.2 Å². The smallest absolute Gasteiger partial charge is 0.271 e. The van der Waals surface area contributed by atoms with Gasteiger partial charge in [-0.2, -0.15) is 0 Å². The third kappa shape index (κ3) is 2.04. The lowest BCUT2D eigenvalue weighted by atomic mass is 10.2. The van der Waals surface area contributed by atoms with Crippen molar-refractivity contribution in [2.45, 2.75) is 6.04 Å². The van der Waals surface area contributed by atoms with Gasteiger partial charge in [0.05, 0.1) is 29.9 Å². The van der Waals surface area contributed by atoms with E-state index < -0.39 is 10.7 Å². The molecule has 1 fully saturated rings. The van der Waals surface area contributed by atoms with Crippen LogP contribution in [0.5, 0.6) is 0 Å². The first-order valence-corrected chi connectivity index (χ1v) is 4.45. The highest BCUT2D eigenvalue weighted by molar-refractivity contribution is 5.53. The average molecular weight is 212 g/mol. The van der Waals surface area contributed by atoms with Crippen molar-refractivity contribution in [3.8, 4) is 0 Å². The fraction of sp³-hybridized carbons (Fsp3) is 0.333. The summed E-state index contributed by atoms with van der Waals surface area (Å²) in [5.74, 6) is -0.493. The van der Waals surface area contributed by atoms with Crippen molar-refractivity contribution in [2.24, 2.45) is 0 Å². The minimum atomic E-state index is -0.554. The van der Waals surface area contributed by atoms with Gasteiger partial charge in [-0.1, -0.05) is 0 Å². The summed E-state index contributed by atoms with van der Waals surface area (Å²) in [6.07, 6.45) is 0. The van der Waals surface area contributed by atoms with Crippen LogP contribution in [0.25, 0.3) is 0 Å². The van der Waals surface area contributed by atoms with Crippen LogP contribution >= 0.6 is 0 Å². The maximum absolute atomic E-state index is 13.2. The summed E-state index contributed by atoms with van der Waals surface area (Å²) in [6.45, 7) is 1.00. The number of ether oxygens (including phenoxy) is 1. The molecule has 0 unspecified atom stereocenters. The molecule has 0 amide bonds. The van der Waals surface area contributed by atoms with Crippen molar-refractivity contribution >= 4 is 11.4 Å². The van der Waals surface area contributed by atoms with Crippen LogP contribution in [-0.2, 0) is 4.74 Å². The molecule has 1 aromatic rings. The number of nitro benzene ring substituents is 1. The SMILES string of the molecule is O=[N+]([O-])c1ccc(F)c(NC2COC2)c1. The van der Waals surface area contributed by atoms with Crippen molar-refractivity contribution in [1.29, 1.82) is 0 Å². The van der Waals surface area contributed by atoms with Gasteiger partial charge < -0.3 is 10.1 Å². The summed E-state index contributed by atoms with van der Waals surface area (Å²) >= 11 is 0. The van der Waals surface area contributed by atoms with Crippen LogP contribution in [0, 0.1) is 15.9 Å². The second-order valence-corrected chi connectivity index (χ2v) is 3.30. The fourth-order valence-electron chi connectivity index (χ4n) is 1.28. The van der Waals surface area contributed by atoms with Gasteiger partial charge in [0.2, 0.25) is 0 Å². The summed E-state index contributed by atoms with van der Waals surface area (Å²) in [7, 11) is 0. The first-order valence-electron chi connectivity index (χ1n) is 4.45. The summed E-state index contributed by atoms with van der Waals surface area (Å²) in [5.41, 5.74) is 0.0247. The Bertz CT molecular complexity index is 393. The molecule has 1 saturated heterocycles. The van der Waals surface area contributed by atoms with Crippen LogP contribution in [0.2, 0.25) is 0 Å². The van der Waals surface area contributed by atoms with Gasteiger partial charge in [-0.3, -0.25) is 10.1 Å². The molecule has 0 radical (unpaired) electrons. The molecule has 0 spiro atoms. The first kappa shape index (κ1) is 9.85. The molecule has 80 valence electrons. The van der Waals surface area contributed by atoms with Crippen molar-refractivity contribution in [3.05, 3.63) is 34.1 Å². The van der Waals surface area contributed by atoms with E-state index in [1.54, 1.807) is 0 Å². The number of benzene rings is 1. The van der Waals surface area contributed by atoms with E-state index in [1.807, 2.05) is 0 Å². The van der Waals surface area contributed by atoms with Gasteiger partial charge >= 0.3 is 0 Å². The van der Waals surface area contributed by atoms with E-state index in [0.717, 1.165) is 12.1 Å². The van der Waals surface area contributed by atoms with Crippen LogP contribution in [0.4, 0.5) is 15.8 Å². The number of non-ortho nitro benzene ring substituents is 1. The Morgan fingerprint density at radius 2 is 2.27 bits per heavy atom. The molecule has 2 rings (SSSR count). The van der Waals surface area contributed by atoms with Crippen LogP contribution < -0.4 is 5.32 Å². The molecule has 0 saturated carbocycles. The molecule has 15 heavy (non-hydrogen) atoms. The molecule has 1 N–H and O–H groups in total. The average Bonchev–Trinajstić information content (AvgIpc) is 2.13. The molecule has 1 heterocycles. The standard InChI is InChI=1S/C9H9FN2O3/c10-8-2-1-7(12(13)14)3-9(8)11-6-4-15-5-6/h1-3,6,11H,4-5H2. The van der Waals surface area contributed by atoms with Crippen molar-refractivity contribution < 1.29 is 14.1 Å². The van der Waals surface area contributed by atoms with E-state index in [9.17, 15) is 14.5 Å². The lowest BCUT2D eigenvalue weighted by molar-refractivity contribution is -0.384. The lowest BCUT2D eigenvalue weighted by Gasteiger charge is -2.27. The van der Waals surface area contributed by atoms with Gasteiger partial charge in [-0.05, 0) is 6.07 Å². The Morgan fingerprint density at radius 3 is 2.80 bits per heavy atom. The molecule has 6 heteroatoms. The number of nitrogens with zero attached hydrogens (tertiary/aromatic N) is 1. The molecule has 5 nitrogen and oxygen atoms in total. The molecule has 0 aliphatic carbocycles. The van der Waals surface area contributed by atoms with E-state index in [4.69, 9.17) is 4.74 Å². The van der Waals surface area contributed by atoms with E-state index >= 15 is 0 Å². The van der Waals surface area contributed by atoms with E-state index in [0.29, 0.717) is 13.2 Å². The predicted octanol–water partition coefficient (Wildman–Crippen LogP) is 1.54. The molecule has 0 aromatic heterocycles. The minimum Gasteiger partial charge on any atom is -0.377 e. The third-order valence-corrected chi connectivity index (χ3v) is 2.16. The third-order valence-electron chi connectivity index (χ3n) is 2.16. The normalized spacial score (nSPS) is 15.8. The quantitative estimate of drug-likeness (QED) is 0.609. The number of hydrogen-bond acceptors (Lipinski definition) is 4. The molecule has 1 aliphatic rings. The van der Waals surface area contributed by atoms with Gasteiger partial charge in [0.25, 0.3) is 5.69 Å². The van der Waals surface area contributed by atoms with Gasteiger partial charge in [-0.25, -0.2) is 4.39 Å². The molecule has 1 aliphatic heterocycles. The van der Waals surface area contributed by atoms with Gasteiger partial charge in [-0.15, -0.1) is 0 Å². The Kier molecular flexibility index (Phi) is 2.51. The number of nitro groups is 1. The molecular formula is C9H9FN2O3. The summed E-state index contributed by atoms with van der Waals surface area (Å²) in [4.78, 5) is 9.91. The number of halogens is 1. The van der Waals surface area contributed by atoms with Crippen molar-refractivity contribution in [1.82, 2.24) is 0 Å². The maximum atomic E-state index is 13.2. The summed E-state index contributed by atoms with van der Waals surface area (Å²) < 4.78 is 18.1. The highest BCUT2D eigenvalue weighted by Crippen LogP contribution is 2.22. The van der Waals surface area contributed by atoms with Gasteiger partial charge in [0.1, 0.15) is 5.82 Å². The molecule has 1 aromatic carbocycles. The minimum absolute atomic E-state index is 0.0431. The second kappa shape index (κ2) is 3.82. The van der Waals surface area contributed by atoms with Crippen molar-refractivity contribution in [2.75, 3.05) is 18.5 Å². The highest BCUT2D eigenvalue weighted by atomic mass is 19.1. The Hall–Kier alpha value is -1.69. The zero-order chi connectivity index (χ0) is 10.8. The highest BCUT2D eigenvalue weighted by Gasteiger charge is 2.20. The molecule has 0 atom stereocenters. The van der Waals surface area contributed by atoms with E-state index in [2.05, 4.69) is 5.32 Å². The zero-order valence-corrected chi connectivity index (χ0v) is 7.77. The summed E-state index contributed by atoms with van der Waals surface area (Å²) in [6, 6.07) is 3.45. The van der Waals surface area contributed by atoms with Gasteiger partial charge in [0.15, 0.2) is 0 Å². The Balaban J connectivity index is 2.19. The monoisotopic (exact) mass is 212 g/mol. The van der Waals surface area contributed by atoms with Crippen molar-refractivity contribution in [3.63, 3.8) is 0 Å². The van der Waals surface area contributed by atoms with Gasteiger partial charge in [0, 0.05) is 12.1 Å². The van der Waals surface area contributed by atoms with Crippen LogP contribution in [0.3, 0.4) is 0 Å². The Labute approximate surface area is 85.0 Å². The zero-order valence-electron chi connectivity index (χ0n) is 7.77. The Morgan fingerprint density at radius 1 is 1.53 bits per heavy atom. The topological polar surface area (TPSA) is 64.4 Å². The largest absolute Gasteiger partial charge is 0.377 e. The van der Waals surface area contributed by atoms with E-state index in [1.165, 1.54) is 6.07 Å². The number of anilines is 1. The molecule has 0 bridgehead atoms. The maximum Gasteiger partial charge on any atom is 0.271 e. The second-order valence-electron chi connectivity index (χ2n) is 3.30. The fourth-order valence-corrected chi connectivity index (χ4v) is 1.28. The van der Waals surface area contributed by atoms with Crippen LogP contribution in [0.15, 0.2) is 18.2 Å². The predicted molar refractivity (Wildman–Crippen MR) is 51.3 cm³/mol. The first-order chi connectivity index (χ1) is 7.16.